The van der Waals surface area contributed by atoms with Gasteiger partial charge in [-0.15, -0.1) is 0 Å². The van der Waals surface area contributed by atoms with Crippen LogP contribution in [0.1, 0.15) is 39.5 Å². The number of morpholine rings is 1. The summed E-state index contributed by atoms with van der Waals surface area (Å²) in [6, 6.07) is 0. The highest BCUT2D eigenvalue weighted by Gasteiger charge is 2.36. The molecule has 2 N–H and O–H groups in total. The average Bonchev–Trinajstić information content (AvgIpc) is 2.15. The Bertz CT molecular complexity index is 212. The van der Waals surface area contributed by atoms with E-state index in [0.29, 0.717) is 17.6 Å². The molecule has 3 nitrogen and oxygen atoms in total. The first-order chi connectivity index (χ1) is 7.63. The van der Waals surface area contributed by atoms with Gasteiger partial charge >= 0.3 is 0 Å². The molecule has 3 heteroatoms. The van der Waals surface area contributed by atoms with Crippen LogP contribution < -0.4 is 5.73 Å². The fourth-order valence-corrected chi connectivity index (χ4v) is 3.10. The molecule has 1 saturated carbocycles. The van der Waals surface area contributed by atoms with Crippen molar-refractivity contribution in [1.82, 2.24) is 4.90 Å². The van der Waals surface area contributed by atoms with Gasteiger partial charge in [-0.2, -0.15) is 0 Å². The number of nitrogens with zero attached hydrogens (tertiary/aromatic N) is 1. The Kier molecular flexibility index (Phi) is 3.88. The molecule has 0 aromatic rings. The largest absolute Gasteiger partial charge is 0.373 e. The van der Waals surface area contributed by atoms with Crippen LogP contribution in [0, 0.1) is 5.41 Å². The van der Waals surface area contributed by atoms with Gasteiger partial charge in [0.1, 0.15) is 0 Å². The summed E-state index contributed by atoms with van der Waals surface area (Å²) in [5.74, 6) is 0. The lowest BCUT2D eigenvalue weighted by molar-refractivity contribution is -0.0720. The molecule has 0 unspecified atom stereocenters. The van der Waals surface area contributed by atoms with Gasteiger partial charge < -0.3 is 10.5 Å². The number of rotatable bonds is 4. The summed E-state index contributed by atoms with van der Waals surface area (Å²) in [5, 5.41) is 0. The van der Waals surface area contributed by atoms with E-state index >= 15 is 0 Å². The van der Waals surface area contributed by atoms with Crippen molar-refractivity contribution >= 4 is 0 Å². The SMILES string of the molecule is C[C@@H]1CN(CCC2(CN)CCC2)C[C@H](C)O1. The van der Waals surface area contributed by atoms with Crippen LogP contribution in [-0.4, -0.2) is 43.3 Å². The predicted molar refractivity (Wildman–Crippen MR) is 66.4 cm³/mol. The van der Waals surface area contributed by atoms with Gasteiger partial charge in [-0.25, -0.2) is 0 Å². The van der Waals surface area contributed by atoms with E-state index in [1.54, 1.807) is 0 Å². The molecule has 0 bridgehead atoms. The van der Waals surface area contributed by atoms with Gasteiger partial charge in [0.15, 0.2) is 0 Å². The maximum absolute atomic E-state index is 5.90. The number of hydrogen-bond acceptors (Lipinski definition) is 3. The molecule has 1 aliphatic carbocycles. The summed E-state index contributed by atoms with van der Waals surface area (Å²) in [4.78, 5) is 2.55. The molecule has 0 aromatic heterocycles. The summed E-state index contributed by atoms with van der Waals surface area (Å²) in [7, 11) is 0. The second-order valence-corrected chi connectivity index (χ2v) is 5.82. The summed E-state index contributed by atoms with van der Waals surface area (Å²) >= 11 is 0. The van der Waals surface area contributed by atoms with Gasteiger partial charge in [-0.3, -0.25) is 4.90 Å². The third-order valence-corrected chi connectivity index (χ3v) is 4.30. The van der Waals surface area contributed by atoms with Gasteiger partial charge in [0, 0.05) is 13.1 Å². The van der Waals surface area contributed by atoms with Gasteiger partial charge in [-0.05, 0) is 51.6 Å². The van der Waals surface area contributed by atoms with Crippen LogP contribution in [0.15, 0.2) is 0 Å². The standard InChI is InChI=1S/C13H26N2O/c1-11-8-15(9-12(2)16-11)7-6-13(10-14)4-3-5-13/h11-12H,3-10,14H2,1-2H3/t11-,12+. The maximum Gasteiger partial charge on any atom is 0.0678 e. The molecule has 0 amide bonds. The van der Waals surface area contributed by atoms with Crippen LogP contribution >= 0.6 is 0 Å². The van der Waals surface area contributed by atoms with Crippen molar-refractivity contribution in [2.45, 2.75) is 51.7 Å². The summed E-state index contributed by atoms with van der Waals surface area (Å²) in [5.41, 5.74) is 6.39. The first-order valence-corrected chi connectivity index (χ1v) is 6.71. The van der Waals surface area contributed by atoms with Gasteiger partial charge in [-0.1, -0.05) is 6.42 Å². The molecule has 16 heavy (non-hydrogen) atoms. The lowest BCUT2D eigenvalue weighted by atomic mass is 9.66. The quantitative estimate of drug-likeness (QED) is 0.791. The molecule has 2 rings (SSSR count). The number of nitrogens with two attached hydrogens (primary N) is 1. The highest BCUT2D eigenvalue weighted by molar-refractivity contribution is 4.89. The van der Waals surface area contributed by atoms with E-state index in [9.17, 15) is 0 Å². The van der Waals surface area contributed by atoms with Gasteiger partial charge in [0.05, 0.1) is 12.2 Å². The van der Waals surface area contributed by atoms with Crippen LogP contribution in [0.2, 0.25) is 0 Å². The first kappa shape index (κ1) is 12.3. The molecule has 0 radical (unpaired) electrons. The minimum atomic E-state index is 0.388. The number of hydrogen-bond donors (Lipinski definition) is 1. The third kappa shape index (κ3) is 2.76. The van der Waals surface area contributed by atoms with Crippen molar-refractivity contribution in [3.63, 3.8) is 0 Å². The molecule has 0 spiro atoms. The third-order valence-electron chi connectivity index (χ3n) is 4.30. The second kappa shape index (κ2) is 5.03. The van der Waals surface area contributed by atoms with Crippen LogP contribution in [0.3, 0.4) is 0 Å². The zero-order valence-electron chi connectivity index (χ0n) is 10.7. The summed E-state index contributed by atoms with van der Waals surface area (Å²) in [6.07, 6.45) is 6.13. The smallest absolute Gasteiger partial charge is 0.0678 e. The van der Waals surface area contributed by atoms with Crippen molar-refractivity contribution in [3.8, 4) is 0 Å². The Balaban J connectivity index is 1.76. The van der Waals surface area contributed by atoms with Crippen LogP contribution in [-0.2, 0) is 4.74 Å². The second-order valence-electron chi connectivity index (χ2n) is 5.82. The van der Waals surface area contributed by atoms with Crippen LogP contribution in [0.5, 0.6) is 0 Å². The van der Waals surface area contributed by atoms with Crippen LogP contribution in [0.25, 0.3) is 0 Å². The van der Waals surface area contributed by atoms with E-state index in [1.165, 1.54) is 32.2 Å². The monoisotopic (exact) mass is 226 g/mol. The minimum Gasteiger partial charge on any atom is -0.373 e. The summed E-state index contributed by atoms with van der Waals surface area (Å²) in [6.45, 7) is 8.60. The molecule has 2 aliphatic rings. The van der Waals surface area contributed by atoms with Gasteiger partial charge in [0.25, 0.3) is 0 Å². The maximum atomic E-state index is 5.90. The molecule has 1 saturated heterocycles. The van der Waals surface area contributed by atoms with E-state index < -0.39 is 0 Å². The summed E-state index contributed by atoms with van der Waals surface area (Å²) < 4.78 is 5.75. The molecule has 94 valence electrons. The van der Waals surface area contributed by atoms with Crippen LogP contribution in [0.4, 0.5) is 0 Å². The topological polar surface area (TPSA) is 38.5 Å². The fourth-order valence-electron chi connectivity index (χ4n) is 3.10. The Hall–Kier alpha value is -0.120. The molecule has 2 fully saturated rings. The lowest BCUT2D eigenvalue weighted by Gasteiger charge is -2.43. The van der Waals surface area contributed by atoms with E-state index in [0.717, 1.165) is 19.6 Å². The Labute approximate surface area is 99.3 Å². The highest BCUT2D eigenvalue weighted by Crippen LogP contribution is 2.43. The van der Waals surface area contributed by atoms with Gasteiger partial charge in [0.2, 0.25) is 0 Å². The lowest BCUT2D eigenvalue weighted by Crippen LogP contribution is -2.48. The zero-order chi connectivity index (χ0) is 11.6. The average molecular weight is 226 g/mol. The zero-order valence-corrected chi connectivity index (χ0v) is 10.7. The Morgan fingerprint density at radius 3 is 2.31 bits per heavy atom. The predicted octanol–water partition coefficient (Wildman–Crippen LogP) is 1.61. The van der Waals surface area contributed by atoms with E-state index in [4.69, 9.17) is 10.5 Å². The Morgan fingerprint density at radius 2 is 1.88 bits per heavy atom. The van der Waals surface area contributed by atoms with Crippen molar-refractivity contribution in [2.24, 2.45) is 11.1 Å². The number of ether oxygens (including phenoxy) is 1. The molecule has 1 aliphatic heterocycles. The highest BCUT2D eigenvalue weighted by atomic mass is 16.5. The molecular formula is C13H26N2O. The van der Waals surface area contributed by atoms with Crippen molar-refractivity contribution in [2.75, 3.05) is 26.2 Å². The van der Waals surface area contributed by atoms with E-state index in [2.05, 4.69) is 18.7 Å². The molecule has 2 atom stereocenters. The Morgan fingerprint density at radius 1 is 1.25 bits per heavy atom. The molecule has 1 heterocycles. The first-order valence-electron chi connectivity index (χ1n) is 6.71. The van der Waals surface area contributed by atoms with Crippen molar-refractivity contribution < 1.29 is 4.74 Å². The molecule has 0 aromatic carbocycles. The van der Waals surface area contributed by atoms with E-state index in [1.807, 2.05) is 0 Å². The normalized spacial score (nSPS) is 34.7. The van der Waals surface area contributed by atoms with E-state index in [-0.39, 0.29) is 0 Å². The molecular weight excluding hydrogens is 200 g/mol. The fraction of sp³-hybridized carbons (Fsp3) is 1.00. The van der Waals surface area contributed by atoms with Crippen molar-refractivity contribution in [1.29, 1.82) is 0 Å². The van der Waals surface area contributed by atoms with Crippen molar-refractivity contribution in [3.05, 3.63) is 0 Å². The minimum absolute atomic E-state index is 0.388.